The molecule has 1 saturated heterocycles. The summed E-state index contributed by atoms with van der Waals surface area (Å²) in [4.78, 5) is 13.0. The summed E-state index contributed by atoms with van der Waals surface area (Å²) in [5.74, 6) is -0.132. The van der Waals surface area contributed by atoms with Crippen molar-refractivity contribution >= 4 is 17.5 Å². The van der Waals surface area contributed by atoms with Crippen LogP contribution in [-0.4, -0.2) is 30.4 Å². The number of nitrogens with one attached hydrogen (secondary N) is 1. The SMILES string of the molecule is CN1CC(NCc2c(F)cccc2Cl)CCC1=O. The van der Waals surface area contributed by atoms with Crippen LogP contribution in [0.15, 0.2) is 18.2 Å². The van der Waals surface area contributed by atoms with Gasteiger partial charge in [0.1, 0.15) is 5.82 Å². The van der Waals surface area contributed by atoms with Crippen LogP contribution in [0.1, 0.15) is 18.4 Å². The molecule has 3 nitrogen and oxygen atoms in total. The minimum Gasteiger partial charge on any atom is -0.344 e. The Hall–Kier alpha value is -1.13. The van der Waals surface area contributed by atoms with E-state index in [0.717, 1.165) is 6.42 Å². The van der Waals surface area contributed by atoms with Gasteiger partial charge in [0.25, 0.3) is 0 Å². The number of nitrogens with zero attached hydrogens (tertiary/aromatic N) is 1. The van der Waals surface area contributed by atoms with Crippen LogP contribution in [0.5, 0.6) is 0 Å². The molecule has 0 spiro atoms. The molecule has 1 aliphatic rings. The predicted molar refractivity (Wildman–Crippen MR) is 68.9 cm³/mol. The molecule has 1 N–H and O–H groups in total. The fraction of sp³-hybridized carbons (Fsp3) is 0.462. The summed E-state index contributed by atoms with van der Waals surface area (Å²) in [6, 6.07) is 4.87. The maximum absolute atomic E-state index is 13.6. The van der Waals surface area contributed by atoms with Crippen molar-refractivity contribution in [3.8, 4) is 0 Å². The van der Waals surface area contributed by atoms with Gasteiger partial charge in [-0.15, -0.1) is 0 Å². The van der Waals surface area contributed by atoms with E-state index in [2.05, 4.69) is 5.32 Å². The molecule has 2 rings (SSSR count). The summed E-state index contributed by atoms with van der Waals surface area (Å²) in [5.41, 5.74) is 0.485. The molecule has 1 aliphatic heterocycles. The van der Waals surface area contributed by atoms with Crippen molar-refractivity contribution < 1.29 is 9.18 Å². The van der Waals surface area contributed by atoms with E-state index in [0.29, 0.717) is 30.1 Å². The van der Waals surface area contributed by atoms with Crippen molar-refractivity contribution in [3.05, 3.63) is 34.6 Å². The Bertz CT molecular complexity index is 432. The van der Waals surface area contributed by atoms with Gasteiger partial charge >= 0.3 is 0 Å². The van der Waals surface area contributed by atoms with Crippen LogP contribution in [-0.2, 0) is 11.3 Å². The highest BCUT2D eigenvalue weighted by Gasteiger charge is 2.22. The van der Waals surface area contributed by atoms with Gasteiger partial charge in [0.15, 0.2) is 0 Å². The van der Waals surface area contributed by atoms with Crippen LogP contribution in [0, 0.1) is 5.82 Å². The molecule has 1 heterocycles. The van der Waals surface area contributed by atoms with Gasteiger partial charge in [-0.2, -0.15) is 0 Å². The molecule has 1 fully saturated rings. The van der Waals surface area contributed by atoms with Crippen molar-refractivity contribution in [3.63, 3.8) is 0 Å². The van der Waals surface area contributed by atoms with Gasteiger partial charge < -0.3 is 10.2 Å². The van der Waals surface area contributed by atoms with Crippen LogP contribution in [0.2, 0.25) is 5.02 Å². The zero-order valence-corrected chi connectivity index (χ0v) is 11.0. The number of halogens is 2. The highest BCUT2D eigenvalue weighted by molar-refractivity contribution is 6.31. The van der Waals surface area contributed by atoms with Gasteiger partial charge in [-0.05, 0) is 18.6 Å². The lowest BCUT2D eigenvalue weighted by Crippen LogP contribution is -2.46. The van der Waals surface area contributed by atoms with E-state index in [1.165, 1.54) is 6.07 Å². The number of hydrogen-bond acceptors (Lipinski definition) is 2. The molecule has 98 valence electrons. The highest BCUT2D eigenvalue weighted by Crippen LogP contribution is 2.19. The molecule has 0 saturated carbocycles. The van der Waals surface area contributed by atoms with E-state index in [9.17, 15) is 9.18 Å². The Morgan fingerprint density at radius 2 is 2.33 bits per heavy atom. The highest BCUT2D eigenvalue weighted by atomic mass is 35.5. The molecule has 5 heteroatoms. The first-order valence-electron chi connectivity index (χ1n) is 5.98. The third-order valence-electron chi connectivity index (χ3n) is 3.26. The first-order valence-corrected chi connectivity index (χ1v) is 6.36. The van der Waals surface area contributed by atoms with E-state index in [4.69, 9.17) is 11.6 Å². The Kier molecular flexibility index (Phi) is 4.19. The third kappa shape index (κ3) is 3.00. The number of likely N-dealkylation sites (N-methyl/N-ethyl adjacent to an activating group) is 1. The number of carbonyl (C=O) groups excluding carboxylic acids is 1. The van der Waals surface area contributed by atoms with Crippen molar-refractivity contribution in [1.29, 1.82) is 0 Å². The zero-order valence-electron chi connectivity index (χ0n) is 10.2. The van der Waals surface area contributed by atoms with E-state index >= 15 is 0 Å². The lowest BCUT2D eigenvalue weighted by molar-refractivity contribution is -0.132. The Morgan fingerprint density at radius 3 is 3.00 bits per heavy atom. The quantitative estimate of drug-likeness (QED) is 0.913. The normalized spacial score (nSPS) is 20.3. The van der Waals surface area contributed by atoms with Gasteiger partial charge in [-0.3, -0.25) is 4.79 Å². The van der Waals surface area contributed by atoms with Gasteiger partial charge in [0.2, 0.25) is 5.91 Å². The van der Waals surface area contributed by atoms with Crippen LogP contribution >= 0.6 is 11.6 Å². The number of piperidine rings is 1. The third-order valence-corrected chi connectivity index (χ3v) is 3.61. The fourth-order valence-corrected chi connectivity index (χ4v) is 2.36. The van der Waals surface area contributed by atoms with Crippen LogP contribution in [0.3, 0.4) is 0 Å². The summed E-state index contributed by atoms with van der Waals surface area (Å²) in [6.45, 7) is 1.04. The van der Waals surface area contributed by atoms with E-state index in [1.54, 1.807) is 24.1 Å². The predicted octanol–water partition coefficient (Wildman–Crippen LogP) is 2.19. The molecule has 1 atom stereocenters. The van der Waals surface area contributed by atoms with Crippen LogP contribution < -0.4 is 5.32 Å². The standard InChI is InChI=1S/C13H16ClFN2O/c1-17-8-9(5-6-13(17)18)16-7-10-11(14)3-2-4-12(10)15/h2-4,9,16H,5-8H2,1H3. The van der Waals surface area contributed by atoms with E-state index in [-0.39, 0.29) is 17.8 Å². The molecule has 0 aliphatic carbocycles. The summed E-state index contributed by atoms with van der Waals surface area (Å²) in [5, 5.41) is 3.69. The molecular formula is C13H16ClFN2O. The molecule has 1 amide bonds. The summed E-state index contributed by atoms with van der Waals surface area (Å²) in [6.07, 6.45) is 1.33. The maximum atomic E-state index is 13.6. The van der Waals surface area contributed by atoms with Gasteiger partial charge in [0, 0.05) is 43.2 Å². The number of hydrogen-bond donors (Lipinski definition) is 1. The van der Waals surface area contributed by atoms with Crippen LogP contribution in [0.4, 0.5) is 4.39 Å². The summed E-state index contributed by atoms with van der Waals surface area (Å²) in [7, 11) is 1.78. The molecule has 18 heavy (non-hydrogen) atoms. The number of carbonyl (C=O) groups is 1. The van der Waals surface area contributed by atoms with Crippen molar-refractivity contribution in [2.75, 3.05) is 13.6 Å². The molecule has 1 aromatic carbocycles. The molecule has 0 bridgehead atoms. The minimum absolute atomic E-state index is 0.164. The second-order valence-electron chi connectivity index (χ2n) is 4.59. The molecule has 0 aromatic heterocycles. The Balaban J connectivity index is 1.94. The Morgan fingerprint density at radius 1 is 1.56 bits per heavy atom. The smallest absolute Gasteiger partial charge is 0.222 e. The van der Waals surface area contributed by atoms with Crippen molar-refractivity contribution in [2.24, 2.45) is 0 Å². The van der Waals surface area contributed by atoms with E-state index < -0.39 is 0 Å². The van der Waals surface area contributed by atoms with Crippen molar-refractivity contribution in [1.82, 2.24) is 10.2 Å². The largest absolute Gasteiger partial charge is 0.344 e. The number of likely N-dealkylation sites (tertiary alicyclic amines) is 1. The van der Waals surface area contributed by atoms with E-state index in [1.807, 2.05) is 0 Å². The summed E-state index contributed by atoms with van der Waals surface area (Å²) < 4.78 is 13.6. The van der Waals surface area contributed by atoms with Crippen molar-refractivity contribution in [2.45, 2.75) is 25.4 Å². The van der Waals surface area contributed by atoms with Gasteiger partial charge in [-0.25, -0.2) is 4.39 Å². The number of benzene rings is 1. The molecule has 1 aromatic rings. The topological polar surface area (TPSA) is 32.3 Å². The van der Waals surface area contributed by atoms with Gasteiger partial charge in [0.05, 0.1) is 0 Å². The number of rotatable bonds is 3. The molecular weight excluding hydrogens is 255 g/mol. The lowest BCUT2D eigenvalue weighted by Gasteiger charge is -2.30. The Labute approximate surface area is 111 Å². The molecule has 0 radical (unpaired) electrons. The number of amides is 1. The second kappa shape index (κ2) is 5.67. The average Bonchev–Trinajstić information content (AvgIpc) is 2.33. The monoisotopic (exact) mass is 270 g/mol. The summed E-state index contributed by atoms with van der Waals surface area (Å²) >= 11 is 5.95. The van der Waals surface area contributed by atoms with Gasteiger partial charge in [-0.1, -0.05) is 17.7 Å². The first-order chi connectivity index (χ1) is 8.58. The fourth-order valence-electron chi connectivity index (χ4n) is 2.13. The lowest BCUT2D eigenvalue weighted by atomic mass is 10.1. The maximum Gasteiger partial charge on any atom is 0.222 e. The molecule has 1 unspecified atom stereocenters. The van der Waals surface area contributed by atoms with Crippen LogP contribution in [0.25, 0.3) is 0 Å². The first kappa shape index (κ1) is 13.3. The second-order valence-corrected chi connectivity index (χ2v) is 5.00. The average molecular weight is 271 g/mol. The minimum atomic E-state index is -0.296. The zero-order chi connectivity index (χ0) is 13.1.